The summed E-state index contributed by atoms with van der Waals surface area (Å²) in [5.41, 5.74) is 0.988. The Morgan fingerprint density at radius 1 is 1.15 bits per heavy atom. The normalized spacial score (nSPS) is 13.7. The van der Waals surface area contributed by atoms with E-state index in [2.05, 4.69) is 43.5 Å². The fourth-order valence-electron chi connectivity index (χ4n) is 2.99. The molecule has 146 valence electrons. The maximum absolute atomic E-state index is 12.3. The Bertz CT molecular complexity index is 573. The molecule has 1 aromatic rings. The first-order valence-electron chi connectivity index (χ1n) is 9.29. The highest BCUT2D eigenvalue weighted by atomic mass is 16.4. The fourth-order valence-corrected chi connectivity index (χ4v) is 2.99. The maximum Gasteiger partial charge on any atom is 0.317 e. The number of hydrogen-bond donors (Lipinski definition) is 3. The van der Waals surface area contributed by atoms with E-state index >= 15 is 0 Å². The van der Waals surface area contributed by atoms with Crippen LogP contribution in [-0.2, 0) is 4.79 Å². The summed E-state index contributed by atoms with van der Waals surface area (Å²) in [6.07, 6.45) is 1.74. The molecular weight excluding hydrogens is 330 g/mol. The van der Waals surface area contributed by atoms with E-state index in [1.807, 2.05) is 18.2 Å². The zero-order valence-electron chi connectivity index (χ0n) is 16.6. The largest absolute Gasteiger partial charge is 0.481 e. The number of carbonyl (C=O) groups is 2. The summed E-state index contributed by atoms with van der Waals surface area (Å²) in [5, 5.41) is 15.6. The highest BCUT2D eigenvalue weighted by Crippen LogP contribution is 2.21. The molecule has 0 aliphatic heterocycles. The monoisotopic (exact) mass is 363 g/mol. The van der Waals surface area contributed by atoms with Gasteiger partial charge in [-0.2, -0.15) is 0 Å². The Morgan fingerprint density at radius 3 is 2.23 bits per heavy atom. The summed E-state index contributed by atoms with van der Waals surface area (Å²) in [6, 6.07) is 10.1. The molecule has 0 aliphatic rings. The van der Waals surface area contributed by atoms with Gasteiger partial charge < -0.3 is 20.6 Å². The van der Waals surface area contributed by atoms with Gasteiger partial charge in [-0.25, -0.2) is 4.79 Å². The number of urea groups is 1. The van der Waals surface area contributed by atoms with Gasteiger partial charge in [0.15, 0.2) is 0 Å². The van der Waals surface area contributed by atoms with Gasteiger partial charge in [-0.05, 0) is 25.3 Å². The van der Waals surface area contributed by atoms with E-state index in [-0.39, 0.29) is 24.2 Å². The van der Waals surface area contributed by atoms with Crippen LogP contribution in [-0.4, -0.2) is 47.7 Å². The SMILES string of the molecule is CCC(CC)(CNC(=O)N(C)CC(C)C(=O)O)NC(C)c1ccccc1. The number of nitrogens with zero attached hydrogens (tertiary/aromatic N) is 1. The molecule has 0 bridgehead atoms. The number of amides is 2. The summed E-state index contributed by atoms with van der Waals surface area (Å²) in [7, 11) is 1.62. The third-order valence-electron chi connectivity index (χ3n) is 5.07. The van der Waals surface area contributed by atoms with E-state index in [9.17, 15) is 9.59 Å². The van der Waals surface area contributed by atoms with Gasteiger partial charge in [-0.3, -0.25) is 4.79 Å². The standard InChI is InChI=1S/C20H33N3O3/c1-6-20(7-2,22-16(4)17-11-9-8-10-12-17)14-21-19(26)23(5)13-15(3)18(24)25/h8-12,15-16,22H,6-7,13-14H2,1-5H3,(H,21,26)(H,24,25). The van der Waals surface area contributed by atoms with E-state index in [1.165, 1.54) is 10.5 Å². The number of rotatable bonds is 10. The fraction of sp³-hybridized carbons (Fsp3) is 0.600. The number of nitrogens with one attached hydrogen (secondary N) is 2. The Balaban J connectivity index is 2.68. The lowest BCUT2D eigenvalue weighted by Gasteiger charge is -2.37. The van der Waals surface area contributed by atoms with Gasteiger partial charge in [0, 0.05) is 31.7 Å². The van der Waals surface area contributed by atoms with Crippen molar-refractivity contribution in [3.63, 3.8) is 0 Å². The van der Waals surface area contributed by atoms with Crippen molar-refractivity contribution >= 4 is 12.0 Å². The Labute approximate surface area is 157 Å². The quantitative estimate of drug-likeness (QED) is 0.596. The second-order valence-corrected chi connectivity index (χ2v) is 7.04. The lowest BCUT2D eigenvalue weighted by atomic mass is 9.90. The molecule has 0 aliphatic carbocycles. The molecule has 0 aromatic heterocycles. The first kappa shape index (κ1) is 22.0. The van der Waals surface area contributed by atoms with Crippen molar-refractivity contribution in [1.82, 2.24) is 15.5 Å². The van der Waals surface area contributed by atoms with E-state index in [0.717, 1.165) is 12.8 Å². The first-order valence-corrected chi connectivity index (χ1v) is 9.29. The molecular formula is C20H33N3O3. The summed E-state index contributed by atoms with van der Waals surface area (Å²) >= 11 is 0. The number of carboxylic acids is 1. The van der Waals surface area contributed by atoms with E-state index in [4.69, 9.17) is 5.11 Å². The van der Waals surface area contributed by atoms with Gasteiger partial charge in [0.2, 0.25) is 0 Å². The van der Waals surface area contributed by atoms with Gasteiger partial charge in [0.1, 0.15) is 0 Å². The number of aliphatic carboxylic acids is 1. The van der Waals surface area contributed by atoms with Crippen LogP contribution >= 0.6 is 0 Å². The van der Waals surface area contributed by atoms with Crippen molar-refractivity contribution in [1.29, 1.82) is 0 Å². The molecule has 1 rings (SSSR count). The average Bonchev–Trinajstić information content (AvgIpc) is 2.65. The molecule has 0 spiro atoms. The van der Waals surface area contributed by atoms with Crippen LogP contribution in [0.25, 0.3) is 0 Å². The van der Waals surface area contributed by atoms with Crippen LogP contribution in [0.3, 0.4) is 0 Å². The number of carbonyl (C=O) groups excluding carboxylic acids is 1. The predicted octanol–water partition coefficient (Wildman–Crippen LogP) is 3.26. The van der Waals surface area contributed by atoms with Gasteiger partial charge in [0.25, 0.3) is 0 Å². The lowest BCUT2D eigenvalue weighted by molar-refractivity contribution is -0.141. The molecule has 0 heterocycles. The van der Waals surface area contributed by atoms with E-state index < -0.39 is 11.9 Å². The molecule has 0 saturated heterocycles. The average molecular weight is 364 g/mol. The Morgan fingerprint density at radius 2 is 1.73 bits per heavy atom. The maximum atomic E-state index is 12.3. The molecule has 2 atom stereocenters. The van der Waals surface area contributed by atoms with Crippen LogP contribution in [0.2, 0.25) is 0 Å². The molecule has 26 heavy (non-hydrogen) atoms. The molecule has 0 fully saturated rings. The molecule has 0 saturated carbocycles. The second kappa shape index (κ2) is 10.2. The van der Waals surface area contributed by atoms with Crippen LogP contribution in [0.15, 0.2) is 30.3 Å². The van der Waals surface area contributed by atoms with Crippen molar-refractivity contribution in [3.05, 3.63) is 35.9 Å². The first-order chi connectivity index (χ1) is 12.2. The third-order valence-corrected chi connectivity index (χ3v) is 5.07. The number of hydrogen-bond acceptors (Lipinski definition) is 3. The zero-order valence-corrected chi connectivity index (χ0v) is 16.6. The smallest absolute Gasteiger partial charge is 0.317 e. The highest BCUT2D eigenvalue weighted by molar-refractivity contribution is 5.75. The topological polar surface area (TPSA) is 81.7 Å². The van der Waals surface area contributed by atoms with Gasteiger partial charge in [-0.15, -0.1) is 0 Å². The highest BCUT2D eigenvalue weighted by Gasteiger charge is 2.29. The minimum absolute atomic E-state index is 0.165. The predicted molar refractivity (Wildman–Crippen MR) is 104 cm³/mol. The van der Waals surface area contributed by atoms with Crippen LogP contribution in [0.1, 0.15) is 52.1 Å². The minimum atomic E-state index is -0.903. The molecule has 1 aromatic carbocycles. The van der Waals surface area contributed by atoms with Crippen LogP contribution < -0.4 is 10.6 Å². The summed E-state index contributed by atoms with van der Waals surface area (Å²) < 4.78 is 0. The van der Waals surface area contributed by atoms with Crippen molar-refractivity contribution < 1.29 is 14.7 Å². The van der Waals surface area contributed by atoms with Crippen molar-refractivity contribution in [3.8, 4) is 0 Å². The Hall–Kier alpha value is -2.08. The molecule has 0 radical (unpaired) electrons. The van der Waals surface area contributed by atoms with Crippen molar-refractivity contribution in [2.45, 2.75) is 52.1 Å². The summed E-state index contributed by atoms with van der Waals surface area (Å²) in [5.74, 6) is -1.50. The number of carboxylic acid groups (broad SMARTS) is 1. The van der Waals surface area contributed by atoms with E-state index in [0.29, 0.717) is 6.54 Å². The zero-order chi connectivity index (χ0) is 19.7. The van der Waals surface area contributed by atoms with Gasteiger partial charge in [0.05, 0.1) is 5.92 Å². The van der Waals surface area contributed by atoms with Gasteiger partial charge in [-0.1, -0.05) is 51.1 Å². The van der Waals surface area contributed by atoms with Crippen LogP contribution in [0, 0.1) is 5.92 Å². The molecule has 2 amide bonds. The van der Waals surface area contributed by atoms with Crippen molar-refractivity contribution in [2.75, 3.05) is 20.1 Å². The summed E-state index contributed by atoms with van der Waals surface area (Å²) in [4.78, 5) is 24.7. The second-order valence-electron chi connectivity index (χ2n) is 7.04. The molecule has 6 heteroatoms. The minimum Gasteiger partial charge on any atom is -0.481 e. The van der Waals surface area contributed by atoms with Gasteiger partial charge >= 0.3 is 12.0 Å². The van der Waals surface area contributed by atoms with Crippen molar-refractivity contribution in [2.24, 2.45) is 5.92 Å². The Kier molecular flexibility index (Phi) is 8.58. The third kappa shape index (κ3) is 6.33. The molecule has 6 nitrogen and oxygen atoms in total. The molecule has 3 N–H and O–H groups in total. The summed E-state index contributed by atoms with van der Waals surface area (Å²) in [6.45, 7) is 8.60. The van der Waals surface area contributed by atoms with E-state index in [1.54, 1.807) is 14.0 Å². The van der Waals surface area contributed by atoms with Crippen LogP contribution in [0.4, 0.5) is 4.79 Å². The number of benzene rings is 1. The van der Waals surface area contributed by atoms with Crippen LogP contribution in [0.5, 0.6) is 0 Å². The lowest BCUT2D eigenvalue weighted by Crippen LogP contribution is -2.55. The molecule has 2 unspecified atom stereocenters.